The molecule has 24 heavy (non-hydrogen) atoms. The highest BCUT2D eigenvalue weighted by atomic mass is 16.3. The van der Waals surface area contributed by atoms with Crippen molar-refractivity contribution in [3.63, 3.8) is 0 Å². The molecule has 0 saturated heterocycles. The zero-order chi connectivity index (χ0) is 17.3. The number of rotatable bonds is 4. The van der Waals surface area contributed by atoms with E-state index in [1.807, 2.05) is 0 Å². The van der Waals surface area contributed by atoms with E-state index in [1.54, 1.807) is 11.9 Å². The van der Waals surface area contributed by atoms with Crippen molar-refractivity contribution in [3.05, 3.63) is 0 Å². The Labute approximate surface area is 146 Å². The second-order valence-corrected chi connectivity index (χ2v) is 8.64. The number of nitrogens with zero attached hydrogens (tertiary/aromatic N) is 2. The van der Waals surface area contributed by atoms with E-state index in [9.17, 15) is 10.2 Å². The van der Waals surface area contributed by atoms with Crippen molar-refractivity contribution in [3.8, 4) is 0 Å². The first-order valence-electron chi connectivity index (χ1n) is 9.84. The van der Waals surface area contributed by atoms with Crippen molar-refractivity contribution in [1.82, 2.24) is 4.90 Å². The van der Waals surface area contributed by atoms with Crippen LogP contribution in [0.15, 0.2) is 4.99 Å². The lowest BCUT2D eigenvalue weighted by molar-refractivity contribution is -0.0245. The zero-order valence-electron chi connectivity index (χ0n) is 15.3. The van der Waals surface area contributed by atoms with Gasteiger partial charge in [-0.05, 0) is 42.9 Å². The second-order valence-electron chi connectivity index (χ2n) is 8.64. The number of nitrogens with two attached hydrogens (primary N) is 1. The van der Waals surface area contributed by atoms with Crippen LogP contribution in [0.3, 0.4) is 0 Å². The van der Waals surface area contributed by atoms with Crippen LogP contribution in [0.5, 0.6) is 0 Å². The standard InChI is InChI=1S/C19H35N3O2/c1-13-6-3-4-9-16(13)15-8-5-7-14(10-15)11-19(12-23)17(24)22(2)18(20)21-19/h13-17,23-24H,3-12H2,1-2H3,(H2,20,21)/t13-,14?,15?,16?,17?,19?/m1/s1. The lowest BCUT2D eigenvalue weighted by atomic mass is 9.65. The van der Waals surface area contributed by atoms with Gasteiger partial charge in [-0.25, -0.2) is 4.99 Å². The Hall–Kier alpha value is -0.810. The van der Waals surface area contributed by atoms with Crippen molar-refractivity contribution < 1.29 is 10.2 Å². The van der Waals surface area contributed by atoms with Crippen LogP contribution in [0.1, 0.15) is 64.7 Å². The Morgan fingerprint density at radius 1 is 1.21 bits per heavy atom. The Morgan fingerprint density at radius 2 is 1.96 bits per heavy atom. The smallest absolute Gasteiger partial charge is 0.193 e. The molecule has 1 heterocycles. The molecule has 0 aromatic carbocycles. The van der Waals surface area contributed by atoms with E-state index in [4.69, 9.17) is 5.73 Å². The van der Waals surface area contributed by atoms with Crippen molar-refractivity contribution in [2.45, 2.75) is 76.5 Å². The lowest BCUT2D eigenvalue weighted by Crippen LogP contribution is -2.50. The van der Waals surface area contributed by atoms with E-state index >= 15 is 0 Å². The van der Waals surface area contributed by atoms with Crippen LogP contribution in [-0.2, 0) is 0 Å². The highest BCUT2D eigenvalue weighted by molar-refractivity contribution is 5.80. The van der Waals surface area contributed by atoms with Crippen LogP contribution in [-0.4, -0.2) is 46.5 Å². The molecule has 0 amide bonds. The first kappa shape index (κ1) is 18.0. The van der Waals surface area contributed by atoms with Gasteiger partial charge in [0, 0.05) is 7.05 Å². The number of hydrogen-bond acceptors (Lipinski definition) is 5. The molecule has 0 bridgehead atoms. The third-order valence-electron chi connectivity index (χ3n) is 7.07. The highest BCUT2D eigenvalue weighted by Gasteiger charge is 2.47. The summed E-state index contributed by atoms with van der Waals surface area (Å²) in [6.07, 6.45) is 10.5. The number of aliphatic hydroxyl groups excluding tert-OH is 2. The monoisotopic (exact) mass is 337 g/mol. The SMILES string of the molecule is C[C@@H]1CCCCC1C1CCCC(CC2(CO)N=C(N)N(C)C2O)C1. The molecule has 0 aromatic rings. The molecule has 2 fully saturated rings. The van der Waals surface area contributed by atoms with Gasteiger partial charge in [-0.1, -0.05) is 45.4 Å². The number of aliphatic hydroxyl groups is 2. The Kier molecular flexibility index (Phi) is 5.40. The fourth-order valence-electron chi connectivity index (χ4n) is 5.64. The van der Waals surface area contributed by atoms with Gasteiger partial charge >= 0.3 is 0 Å². The van der Waals surface area contributed by atoms with Gasteiger partial charge in [0.15, 0.2) is 12.2 Å². The summed E-state index contributed by atoms with van der Waals surface area (Å²) in [5.74, 6) is 3.41. The van der Waals surface area contributed by atoms with E-state index in [1.165, 1.54) is 51.4 Å². The van der Waals surface area contributed by atoms with Crippen LogP contribution in [0.2, 0.25) is 0 Å². The minimum atomic E-state index is -0.830. The average molecular weight is 338 g/mol. The van der Waals surface area contributed by atoms with E-state index in [0.29, 0.717) is 11.9 Å². The van der Waals surface area contributed by atoms with Gasteiger partial charge in [0.05, 0.1) is 6.61 Å². The molecule has 5 heteroatoms. The lowest BCUT2D eigenvalue weighted by Gasteiger charge is -2.42. The molecule has 0 aromatic heterocycles. The van der Waals surface area contributed by atoms with Gasteiger partial charge in [0.1, 0.15) is 5.54 Å². The minimum absolute atomic E-state index is 0.139. The van der Waals surface area contributed by atoms with Crippen molar-refractivity contribution in [2.75, 3.05) is 13.7 Å². The van der Waals surface area contributed by atoms with Crippen molar-refractivity contribution >= 4 is 5.96 Å². The number of aliphatic imine (C=N–C) groups is 1. The largest absolute Gasteiger partial charge is 0.394 e. The summed E-state index contributed by atoms with van der Waals surface area (Å²) < 4.78 is 0. The van der Waals surface area contributed by atoms with Gasteiger partial charge < -0.3 is 20.8 Å². The summed E-state index contributed by atoms with van der Waals surface area (Å²) in [6, 6.07) is 0. The Balaban J connectivity index is 1.66. The number of likely N-dealkylation sites (N-methyl/N-ethyl adjacent to an activating group) is 1. The molecule has 5 nitrogen and oxygen atoms in total. The molecule has 1 aliphatic heterocycles. The summed E-state index contributed by atoms with van der Waals surface area (Å²) in [7, 11) is 1.74. The van der Waals surface area contributed by atoms with E-state index < -0.39 is 11.8 Å². The summed E-state index contributed by atoms with van der Waals surface area (Å²) in [5, 5.41) is 20.5. The fraction of sp³-hybridized carbons (Fsp3) is 0.947. The Morgan fingerprint density at radius 3 is 2.58 bits per heavy atom. The van der Waals surface area contributed by atoms with E-state index in [-0.39, 0.29) is 6.61 Å². The first-order chi connectivity index (χ1) is 11.5. The van der Waals surface area contributed by atoms with Crippen LogP contribution in [0, 0.1) is 23.7 Å². The molecule has 2 aliphatic carbocycles. The second kappa shape index (κ2) is 7.20. The quantitative estimate of drug-likeness (QED) is 0.735. The Bertz CT molecular complexity index is 470. The van der Waals surface area contributed by atoms with E-state index in [0.717, 1.165) is 24.2 Å². The highest BCUT2D eigenvalue weighted by Crippen LogP contribution is 2.45. The maximum Gasteiger partial charge on any atom is 0.193 e. The summed E-state index contributed by atoms with van der Waals surface area (Å²) in [6.45, 7) is 2.30. The molecule has 4 N–H and O–H groups in total. The number of guanidine groups is 1. The number of hydrogen-bond donors (Lipinski definition) is 3. The summed E-state index contributed by atoms with van der Waals surface area (Å²) in [5.41, 5.74) is 5.06. The summed E-state index contributed by atoms with van der Waals surface area (Å²) in [4.78, 5) is 6.05. The molecule has 0 spiro atoms. The summed E-state index contributed by atoms with van der Waals surface area (Å²) >= 11 is 0. The van der Waals surface area contributed by atoms with Crippen LogP contribution < -0.4 is 5.73 Å². The predicted octanol–water partition coefficient (Wildman–Crippen LogP) is 2.32. The predicted molar refractivity (Wildman–Crippen MR) is 96.4 cm³/mol. The molecule has 138 valence electrons. The third kappa shape index (κ3) is 3.30. The topological polar surface area (TPSA) is 82.1 Å². The van der Waals surface area contributed by atoms with Gasteiger partial charge in [-0.3, -0.25) is 0 Å². The zero-order valence-corrected chi connectivity index (χ0v) is 15.3. The van der Waals surface area contributed by atoms with E-state index in [2.05, 4.69) is 11.9 Å². The molecule has 2 saturated carbocycles. The molecular weight excluding hydrogens is 302 g/mol. The van der Waals surface area contributed by atoms with Gasteiger partial charge in [-0.15, -0.1) is 0 Å². The fourth-order valence-corrected chi connectivity index (χ4v) is 5.64. The molecular formula is C19H35N3O2. The normalized spacial score (nSPS) is 43.8. The molecule has 3 rings (SSSR count). The first-order valence-corrected chi connectivity index (χ1v) is 9.84. The molecule has 0 radical (unpaired) electrons. The van der Waals surface area contributed by atoms with Gasteiger partial charge in [0.25, 0.3) is 0 Å². The minimum Gasteiger partial charge on any atom is -0.394 e. The molecule has 6 atom stereocenters. The molecule has 5 unspecified atom stereocenters. The van der Waals surface area contributed by atoms with Gasteiger partial charge in [0.2, 0.25) is 0 Å². The third-order valence-corrected chi connectivity index (χ3v) is 7.07. The molecule has 3 aliphatic rings. The van der Waals surface area contributed by atoms with Crippen LogP contribution >= 0.6 is 0 Å². The van der Waals surface area contributed by atoms with Crippen LogP contribution in [0.4, 0.5) is 0 Å². The van der Waals surface area contributed by atoms with Crippen molar-refractivity contribution in [1.29, 1.82) is 0 Å². The van der Waals surface area contributed by atoms with Gasteiger partial charge in [-0.2, -0.15) is 0 Å². The maximum absolute atomic E-state index is 10.5. The van der Waals surface area contributed by atoms with Crippen LogP contribution in [0.25, 0.3) is 0 Å². The maximum atomic E-state index is 10.5. The average Bonchev–Trinajstić information content (AvgIpc) is 2.80. The van der Waals surface area contributed by atoms with Crippen molar-refractivity contribution in [2.24, 2.45) is 34.4 Å².